The van der Waals surface area contributed by atoms with E-state index < -0.39 is 5.97 Å². The number of carbonyl (C=O) groups excluding carboxylic acids is 1. The molecule has 0 aromatic carbocycles. The molecule has 1 N–H and O–H groups in total. The zero-order valence-electron chi connectivity index (χ0n) is 8.85. The van der Waals surface area contributed by atoms with Gasteiger partial charge in [-0.1, -0.05) is 25.2 Å². The number of hydrogen-bond acceptors (Lipinski definition) is 2. The maximum Gasteiger partial charge on any atom is 0.303 e. The Kier molecular flexibility index (Phi) is 4.28. The van der Waals surface area contributed by atoms with Gasteiger partial charge in [-0.15, -0.1) is 0 Å². The number of carboxylic acid groups (broad SMARTS) is 1. The summed E-state index contributed by atoms with van der Waals surface area (Å²) in [5.41, 5.74) is 0. The molecule has 1 aliphatic rings. The van der Waals surface area contributed by atoms with Gasteiger partial charge in [-0.3, -0.25) is 9.59 Å². The van der Waals surface area contributed by atoms with E-state index in [4.69, 9.17) is 5.11 Å². The Bertz CT molecular complexity index is 302. The van der Waals surface area contributed by atoms with Gasteiger partial charge in [0.2, 0.25) is 0 Å². The quantitative estimate of drug-likeness (QED) is 0.704. The Hall–Kier alpha value is -1.38. The summed E-state index contributed by atoms with van der Waals surface area (Å²) < 4.78 is 0. The molecule has 0 radical (unpaired) electrons. The lowest BCUT2D eigenvalue weighted by Gasteiger charge is -2.13. The first-order chi connectivity index (χ1) is 7.15. The summed E-state index contributed by atoms with van der Waals surface area (Å²) in [7, 11) is 0. The highest BCUT2D eigenvalue weighted by Crippen LogP contribution is 2.28. The highest BCUT2D eigenvalue weighted by Gasteiger charge is 2.30. The Labute approximate surface area is 89.5 Å². The number of rotatable bonds is 5. The van der Waals surface area contributed by atoms with Crippen LogP contribution in [0.2, 0.25) is 0 Å². The normalized spacial score (nSPS) is 25.3. The van der Waals surface area contributed by atoms with Crippen molar-refractivity contribution in [2.24, 2.45) is 11.8 Å². The molecule has 1 unspecified atom stereocenters. The molecule has 0 saturated heterocycles. The van der Waals surface area contributed by atoms with E-state index in [1.807, 2.05) is 19.1 Å². The van der Waals surface area contributed by atoms with Crippen LogP contribution in [0, 0.1) is 11.8 Å². The van der Waals surface area contributed by atoms with Crippen LogP contribution in [-0.2, 0) is 9.59 Å². The minimum atomic E-state index is -0.844. The smallest absolute Gasteiger partial charge is 0.303 e. The third-order valence-electron chi connectivity index (χ3n) is 2.59. The predicted octanol–water partition coefficient (Wildman–Crippen LogP) is 2.19. The van der Waals surface area contributed by atoms with Gasteiger partial charge in [-0.25, -0.2) is 0 Å². The molecule has 3 nitrogen and oxygen atoms in total. The summed E-state index contributed by atoms with van der Waals surface area (Å²) in [6.07, 6.45) is 8.84. The van der Waals surface area contributed by atoms with E-state index in [9.17, 15) is 9.59 Å². The molecular weight excluding hydrogens is 192 g/mol. The fourth-order valence-corrected chi connectivity index (χ4v) is 1.80. The second kappa shape index (κ2) is 5.49. The second-order valence-electron chi connectivity index (χ2n) is 3.75. The first kappa shape index (κ1) is 11.7. The van der Waals surface area contributed by atoms with Crippen molar-refractivity contribution in [2.75, 3.05) is 0 Å². The van der Waals surface area contributed by atoms with E-state index >= 15 is 0 Å². The molecule has 0 saturated carbocycles. The largest absolute Gasteiger partial charge is 0.481 e. The standard InChI is InChI=1S/C12H16O3/c1-2-3-4-5-10-9(8-12(14)15)6-7-11(10)13/h3-4,6-7,9-10H,2,5,8H2,1H3,(H,14,15)/b4-3-/t9?,10-/m1/s1. The van der Waals surface area contributed by atoms with Gasteiger partial charge in [-0.05, 0) is 24.8 Å². The lowest BCUT2D eigenvalue weighted by molar-refractivity contribution is -0.138. The van der Waals surface area contributed by atoms with Crippen molar-refractivity contribution in [1.29, 1.82) is 0 Å². The number of ketones is 1. The van der Waals surface area contributed by atoms with Gasteiger partial charge in [0, 0.05) is 5.92 Å². The molecule has 0 aromatic rings. The monoisotopic (exact) mass is 208 g/mol. The van der Waals surface area contributed by atoms with Gasteiger partial charge >= 0.3 is 5.97 Å². The molecular formula is C12H16O3. The number of carbonyl (C=O) groups is 2. The molecule has 1 aliphatic carbocycles. The predicted molar refractivity (Wildman–Crippen MR) is 57.4 cm³/mol. The molecule has 0 amide bonds. The number of aliphatic carboxylic acids is 1. The highest BCUT2D eigenvalue weighted by atomic mass is 16.4. The van der Waals surface area contributed by atoms with Crippen LogP contribution in [0.25, 0.3) is 0 Å². The van der Waals surface area contributed by atoms with Crippen LogP contribution in [0.4, 0.5) is 0 Å². The van der Waals surface area contributed by atoms with Crippen LogP contribution in [0.15, 0.2) is 24.3 Å². The summed E-state index contributed by atoms with van der Waals surface area (Å²) in [5.74, 6) is -1.08. The SMILES string of the molecule is CC/C=C\C[C@H]1C(=O)C=CC1CC(=O)O. The van der Waals surface area contributed by atoms with Crippen LogP contribution >= 0.6 is 0 Å². The van der Waals surface area contributed by atoms with Crippen LogP contribution in [0.3, 0.4) is 0 Å². The molecule has 0 heterocycles. The average molecular weight is 208 g/mol. The van der Waals surface area contributed by atoms with E-state index in [2.05, 4.69) is 0 Å². The maximum absolute atomic E-state index is 11.4. The molecule has 15 heavy (non-hydrogen) atoms. The van der Waals surface area contributed by atoms with E-state index in [0.717, 1.165) is 6.42 Å². The minimum Gasteiger partial charge on any atom is -0.481 e. The second-order valence-corrected chi connectivity index (χ2v) is 3.75. The van der Waals surface area contributed by atoms with Crippen LogP contribution < -0.4 is 0 Å². The van der Waals surface area contributed by atoms with E-state index in [1.54, 1.807) is 6.08 Å². The summed E-state index contributed by atoms with van der Waals surface area (Å²) in [6.45, 7) is 2.03. The molecule has 3 heteroatoms. The van der Waals surface area contributed by atoms with E-state index in [-0.39, 0.29) is 24.0 Å². The van der Waals surface area contributed by atoms with Crippen molar-refractivity contribution in [2.45, 2.75) is 26.2 Å². The van der Waals surface area contributed by atoms with Gasteiger partial charge in [-0.2, -0.15) is 0 Å². The van der Waals surface area contributed by atoms with Crippen LogP contribution in [0.5, 0.6) is 0 Å². The maximum atomic E-state index is 11.4. The zero-order chi connectivity index (χ0) is 11.3. The number of hydrogen-bond donors (Lipinski definition) is 1. The van der Waals surface area contributed by atoms with Gasteiger partial charge in [0.15, 0.2) is 5.78 Å². The topological polar surface area (TPSA) is 54.4 Å². The van der Waals surface area contributed by atoms with Gasteiger partial charge < -0.3 is 5.11 Å². The molecule has 0 bridgehead atoms. The number of carboxylic acids is 1. The summed E-state index contributed by atoms with van der Waals surface area (Å²) in [4.78, 5) is 22.0. The number of allylic oxidation sites excluding steroid dienone is 4. The molecule has 0 spiro atoms. The third kappa shape index (κ3) is 3.35. The molecule has 82 valence electrons. The van der Waals surface area contributed by atoms with Crippen LogP contribution in [0.1, 0.15) is 26.2 Å². The fraction of sp³-hybridized carbons (Fsp3) is 0.500. The molecule has 2 atom stereocenters. The summed E-state index contributed by atoms with van der Waals surface area (Å²) in [5, 5.41) is 8.69. The van der Waals surface area contributed by atoms with Gasteiger partial charge in [0.1, 0.15) is 0 Å². The summed E-state index contributed by atoms with van der Waals surface area (Å²) >= 11 is 0. The molecule has 0 aliphatic heterocycles. The fourth-order valence-electron chi connectivity index (χ4n) is 1.80. The van der Waals surface area contributed by atoms with E-state index in [0.29, 0.717) is 6.42 Å². The molecule has 0 fully saturated rings. The first-order valence-corrected chi connectivity index (χ1v) is 5.24. The highest BCUT2D eigenvalue weighted by molar-refractivity contribution is 5.95. The van der Waals surface area contributed by atoms with Crippen molar-refractivity contribution in [3.8, 4) is 0 Å². The Balaban J connectivity index is 2.55. The first-order valence-electron chi connectivity index (χ1n) is 5.24. The van der Waals surface area contributed by atoms with Gasteiger partial charge in [0.25, 0.3) is 0 Å². The average Bonchev–Trinajstić information content (AvgIpc) is 2.49. The molecule has 1 rings (SSSR count). The van der Waals surface area contributed by atoms with Gasteiger partial charge in [0.05, 0.1) is 6.42 Å². The Morgan fingerprint density at radius 1 is 1.53 bits per heavy atom. The Morgan fingerprint density at radius 2 is 2.27 bits per heavy atom. The molecule has 0 aromatic heterocycles. The van der Waals surface area contributed by atoms with E-state index in [1.165, 1.54) is 6.08 Å². The summed E-state index contributed by atoms with van der Waals surface area (Å²) in [6, 6.07) is 0. The minimum absolute atomic E-state index is 0.0485. The van der Waals surface area contributed by atoms with Crippen LogP contribution in [-0.4, -0.2) is 16.9 Å². The Morgan fingerprint density at radius 3 is 2.87 bits per heavy atom. The van der Waals surface area contributed by atoms with Crippen molar-refractivity contribution < 1.29 is 14.7 Å². The lowest BCUT2D eigenvalue weighted by atomic mass is 9.89. The van der Waals surface area contributed by atoms with Crippen molar-refractivity contribution in [3.63, 3.8) is 0 Å². The zero-order valence-corrected chi connectivity index (χ0v) is 8.85. The third-order valence-corrected chi connectivity index (χ3v) is 2.59. The lowest BCUT2D eigenvalue weighted by Crippen LogP contribution is -2.18. The van der Waals surface area contributed by atoms with Crippen molar-refractivity contribution >= 4 is 11.8 Å². The van der Waals surface area contributed by atoms with Crippen molar-refractivity contribution in [3.05, 3.63) is 24.3 Å². The van der Waals surface area contributed by atoms with Crippen molar-refractivity contribution in [1.82, 2.24) is 0 Å².